The lowest BCUT2D eigenvalue weighted by Gasteiger charge is -2.24. The minimum Gasteiger partial charge on any atom is -0.467 e. The fourth-order valence-electron chi connectivity index (χ4n) is 2.21. The Morgan fingerprint density at radius 1 is 1.20 bits per heavy atom. The van der Waals surface area contributed by atoms with Gasteiger partial charge in [0.15, 0.2) is 0 Å². The van der Waals surface area contributed by atoms with E-state index in [1.54, 1.807) is 36.4 Å². The average molecular weight is 366 g/mol. The van der Waals surface area contributed by atoms with E-state index in [4.69, 9.17) is 8.60 Å². The van der Waals surface area contributed by atoms with E-state index in [0.29, 0.717) is 11.3 Å². The molecule has 1 heterocycles. The van der Waals surface area contributed by atoms with Crippen LogP contribution in [0, 0.1) is 0 Å². The first-order chi connectivity index (χ1) is 11.7. The smallest absolute Gasteiger partial charge is 0.318 e. The van der Waals surface area contributed by atoms with Crippen LogP contribution in [-0.2, 0) is 23.2 Å². The lowest BCUT2D eigenvalue weighted by molar-refractivity contribution is 0.184. The first-order valence-corrected chi connectivity index (χ1v) is 9.61. The molecule has 136 valence electrons. The maximum atomic E-state index is 12.5. The molecule has 0 radical (unpaired) electrons. The van der Waals surface area contributed by atoms with E-state index >= 15 is 0 Å². The quantitative estimate of drug-likeness (QED) is 0.761. The molecule has 0 saturated heterocycles. The van der Waals surface area contributed by atoms with Gasteiger partial charge in [-0.2, -0.15) is 8.42 Å². The molecule has 0 bridgehead atoms. The Hall–Kier alpha value is -2.48. The number of hydrogen-bond acceptors (Lipinski definition) is 5. The molecule has 2 amide bonds. The van der Waals surface area contributed by atoms with Crippen LogP contribution in [0.3, 0.4) is 0 Å². The molecule has 7 nitrogen and oxygen atoms in total. The van der Waals surface area contributed by atoms with E-state index in [0.717, 1.165) is 6.26 Å². The monoisotopic (exact) mass is 366 g/mol. The highest BCUT2D eigenvalue weighted by Crippen LogP contribution is 2.22. The molecule has 0 aliphatic rings. The number of carbonyl (C=O) groups is 1. The van der Waals surface area contributed by atoms with Crippen LogP contribution < -0.4 is 9.50 Å². The molecule has 1 N–H and O–H groups in total. The van der Waals surface area contributed by atoms with Crippen LogP contribution >= 0.6 is 0 Å². The first kappa shape index (κ1) is 18.9. The van der Waals surface area contributed by atoms with Crippen LogP contribution in [0.5, 0.6) is 5.75 Å². The third-order valence-corrected chi connectivity index (χ3v) is 3.68. The van der Waals surface area contributed by atoms with Crippen LogP contribution in [0.15, 0.2) is 47.1 Å². The largest absolute Gasteiger partial charge is 0.467 e. The number of nitrogens with one attached hydrogen (secondary N) is 1. The van der Waals surface area contributed by atoms with Gasteiger partial charge in [-0.3, -0.25) is 0 Å². The molecular weight excluding hydrogens is 344 g/mol. The van der Waals surface area contributed by atoms with E-state index in [1.807, 2.05) is 13.8 Å². The van der Waals surface area contributed by atoms with Gasteiger partial charge in [-0.1, -0.05) is 18.2 Å². The van der Waals surface area contributed by atoms with Gasteiger partial charge in [-0.15, -0.1) is 0 Å². The Kier molecular flexibility index (Phi) is 6.08. The number of benzene rings is 1. The van der Waals surface area contributed by atoms with Gasteiger partial charge in [0.2, 0.25) is 0 Å². The number of hydrogen-bond donors (Lipinski definition) is 1. The zero-order chi connectivity index (χ0) is 18.4. The van der Waals surface area contributed by atoms with E-state index in [-0.39, 0.29) is 30.9 Å². The van der Waals surface area contributed by atoms with Crippen molar-refractivity contribution in [1.29, 1.82) is 0 Å². The van der Waals surface area contributed by atoms with Gasteiger partial charge in [-0.25, -0.2) is 4.79 Å². The third-order valence-electron chi connectivity index (χ3n) is 3.20. The summed E-state index contributed by atoms with van der Waals surface area (Å²) in [6.07, 6.45) is 2.52. The van der Waals surface area contributed by atoms with Crippen LogP contribution in [0.2, 0.25) is 0 Å². The zero-order valence-electron chi connectivity index (χ0n) is 14.4. The second-order valence-corrected chi connectivity index (χ2v) is 7.51. The van der Waals surface area contributed by atoms with Crippen LogP contribution in [0.1, 0.15) is 25.2 Å². The maximum absolute atomic E-state index is 12.5. The molecule has 25 heavy (non-hydrogen) atoms. The van der Waals surface area contributed by atoms with Crippen molar-refractivity contribution in [3.8, 4) is 5.75 Å². The number of amides is 2. The number of nitrogens with zero attached hydrogens (tertiary/aromatic N) is 1. The summed E-state index contributed by atoms with van der Waals surface area (Å²) >= 11 is 0. The summed E-state index contributed by atoms with van der Waals surface area (Å²) in [5.41, 5.74) is 0.582. The fraction of sp³-hybridized carbons (Fsp3) is 0.353. The van der Waals surface area contributed by atoms with Crippen molar-refractivity contribution in [2.45, 2.75) is 33.0 Å². The maximum Gasteiger partial charge on any atom is 0.318 e. The number of carbonyl (C=O) groups excluding carboxylic acids is 1. The molecule has 2 aromatic rings. The number of rotatable bonds is 7. The highest BCUT2D eigenvalue weighted by molar-refractivity contribution is 7.86. The fourth-order valence-corrected chi connectivity index (χ4v) is 2.70. The lowest BCUT2D eigenvalue weighted by atomic mass is 10.2. The topological polar surface area (TPSA) is 88.8 Å². The Morgan fingerprint density at radius 3 is 2.52 bits per heavy atom. The van der Waals surface area contributed by atoms with Gasteiger partial charge < -0.3 is 18.8 Å². The Labute approximate surface area is 147 Å². The molecule has 0 spiro atoms. The van der Waals surface area contributed by atoms with Gasteiger partial charge in [0, 0.05) is 11.6 Å². The Morgan fingerprint density at radius 2 is 1.92 bits per heavy atom. The number of furan rings is 1. The minimum atomic E-state index is -3.66. The first-order valence-electron chi connectivity index (χ1n) is 7.80. The standard InChI is InChI=1S/C17H22N2O5S/c1-13(2)18-17(20)19(12-15-8-6-10-23-15)11-14-7-4-5-9-16(14)24-25(3,21)22/h4-10,13H,11-12H2,1-3H3,(H,18,20). The molecule has 0 aliphatic carbocycles. The zero-order valence-corrected chi connectivity index (χ0v) is 15.2. The van der Waals surface area contributed by atoms with E-state index in [1.165, 1.54) is 11.2 Å². The average Bonchev–Trinajstić information content (AvgIpc) is 2.99. The summed E-state index contributed by atoms with van der Waals surface area (Å²) in [6.45, 7) is 4.15. The van der Waals surface area contributed by atoms with Gasteiger partial charge in [0.05, 0.1) is 25.6 Å². The van der Waals surface area contributed by atoms with Crippen molar-refractivity contribution >= 4 is 16.1 Å². The molecule has 1 aromatic heterocycles. The van der Waals surface area contributed by atoms with Crippen LogP contribution in [-0.4, -0.2) is 31.6 Å². The summed E-state index contributed by atoms with van der Waals surface area (Å²) in [4.78, 5) is 14.0. The number of urea groups is 1. The Bertz CT molecular complexity index is 800. The number of para-hydroxylation sites is 1. The lowest BCUT2D eigenvalue weighted by Crippen LogP contribution is -2.42. The van der Waals surface area contributed by atoms with Crippen molar-refractivity contribution in [2.75, 3.05) is 6.26 Å². The molecule has 0 aliphatic heterocycles. The minimum absolute atomic E-state index is 0.0332. The van der Waals surface area contributed by atoms with Gasteiger partial charge in [-0.05, 0) is 32.0 Å². The second-order valence-electron chi connectivity index (χ2n) is 5.93. The van der Waals surface area contributed by atoms with Crippen molar-refractivity contribution in [1.82, 2.24) is 10.2 Å². The Balaban J connectivity index is 2.25. The summed E-state index contributed by atoms with van der Waals surface area (Å²) in [5, 5.41) is 2.83. The normalized spacial score (nSPS) is 11.4. The molecule has 0 saturated carbocycles. The molecule has 0 unspecified atom stereocenters. The van der Waals surface area contributed by atoms with Crippen molar-refractivity contribution in [3.63, 3.8) is 0 Å². The molecule has 2 rings (SSSR count). The summed E-state index contributed by atoms with van der Waals surface area (Å²) < 4.78 is 33.2. The van der Waals surface area contributed by atoms with Crippen molar-refractivity contribution in [2.24, 2.45) is 0 Å². The van der Waals surface area contributed by atoms with Crippen molar-refractivity contribution in [3.05, 3.63) is 54.0 Å². The van der Waals surface area contributed by atoms with E-state index < -0.39 is 10.1 Å². The molecule has 0 fully saturated rings. The predicted molar refractivity (Wildman–Crippen MR) is 93.5 cm³/mol. The van der Waals surface area contributed by atoms with E-state index in [9.17, 15) is 13.2 Å². The van der Waals surface area contributed by atoms with Gasteiger partial charge in [0.1, 0.15) is 11.5 Å². The van der Waals surface area contributed by atoms with Gasteiger partial charge >= 0.3 is 16.1 Å². The van der Waals surface area contributed by atoms with E-state index in [2.05, 4.69) is 5.32 Å². The SMILES string of the molecule is CC(C)NC(=O)N(Cc1ccco1)Cc1ccccc1OS(C)(=O)=O. The summed E-state index contributed by atoms with van der Waals surface area (Å²) in [7, 11) is -3.66. The summed E-state index contributed by atoms with van der Waals surface area (Å²) in [6, 6.07) is 9.92. The molecule has 1 aromatic carbocycles. The van der Waals surface area contributed by atoms with Crippen molar-refractivity contribution < 1.29 is 21.8 Å². The van der Waals surface area contributed by atoms with Gasteiger partial charge in [0.25, 0.3) is 0 Å². The van der Waals surface area contributed by atoms with Crippen LogP contribution in [0.4, 0.5) is 4.79 Å². The third kappa shape index (κ3) is 6.15. The molecular formula is C17H22N2O5S. The van der Waals surface area contributed by atoms with Crippen LogP contribution in [0.25, 0.3) is 0 Å². The second kappa shape index (κ2) is 8.06. The highest BCUT2D eigenvalue weighted by Gasteiger charge is 2.19. The predicted octanol–water partition coefficient (Wildman–Crippen LogP) is 2.74. The summed E-state index contributed by atoms with van der Waals surface area (Å²) in [5.74, 6) is 0.826. The highest BCUT2D eigenvalue weighted by atomic mass is 32.2. The molecule has 8 heteroatoms. The molecule has 0 atom stereocenters.